The third-order valence-corrected chi connectivity index (χ3v) is 7.35. The second-order valence-corrected chi connectivity index (χ2v) is 11.5. The molecule has 2 aromatic carbocycles. The molecule has 2 fully saturated rings. The third kappa shape index (κ3) is 6.09. The number of piperazine rings is 1. The smallest absolute Gasteiger partial charge is 0.246 e. The van der Waals surface area contributed by atoms with Crippen LogP contribution in [-0.4, -0.2) is 52.8 Å². The van der Waals surface area contributed by atoms with Crippen molar-refractivity contribution in [2.24, 2.45) is 5.41 Å². The summed E-state index contributed by atoms with van der Waals surface area (Å²) >= 11 is 0. The molecule has 0 saturated carbocycles. The Morgan fingerprint density at radius 3 is 2.22 bits per heavy atom. The van der Waals surface area contributed by atoms with E-state index in [9.17, 15) is 9.59 Å². The van der Waals surface area contributed by atoms with Crippen molar-refractivity contribution in [1.82, 2.24) is 15.1 Å². The summed E-state index contributed by atoms with van der Waals surface area (Å²) in [6.45, 7) is 11.5. The van der Waals surface area contributed by atoms with Gasteiger partial charge in [0, 0.05) is 26.2 Å². The van der Waals surface area contributed by atoms with Crippen LogP contribution in [-0.2, 0) is 16.1 Å². The molecule has 0 aliphatic carbocycles. The average Bonchev–Trinajstić information content (AvgIpc) is 2.85. The minimum atomic E-state index is -0.718. The fraction of sp³-hybridized carbons (Fsp3) is 0.533. The molecule has 0 aromatic heterocycles. The summed E-state index contributed by atoms with van der Waals surface area (Å²) in [4.78, 5) is 31.4. The van der Waals surface area contributed by atoms with Gasteiger partial charge in [0.2, 0.25) is 11.8 Å². The van der Waals surface area contributed by atoms with Gasteiger partial charge in [-0.1, -0.05) is 64.4 Å². The first kappa shape index (κ1) is 26.2. The van der Waals surface area contributed by atoms with E-state index < -0.39 is 11.6 Å². The molecule has 4 rings (SSSR count). The molecule has 0 unspecified atom stereocenters. The van der Waals surface area contributed by atoms with Crippen LogP contribution in [0.5, 0.6) is 11.5 Å². The van der Waals surface area contributed by atoms with E-state index in [0.29, 0.717) is 25.8 Å². The number of unbranched alkanes of at least 4 members (excludes halogenated alkanes) is 1. The van der Waals surface area contributed by atoms with Crippen LogP contribution >= 0.6 is 0 Å². The maximum Gasteiger partial charge on any atom is 0.246 e. The standard InChI is InChI=1S/C30H41N3O3/c1-5-6-18-33-27(34)26(21-29(2,3)4)31-28(35)30(33)16-19-32(20-17-30)22-23-12-14-25(15-13-23)36-24-10-8-7-9-11-24/h7-15,26H,5-6,16-22H2,1-4H3,(H,31,35)/t26-/m1/s1. The van der Waals surface area contributed by atoms with Crippen molar-refractivity contribution in [3.8, 4) is 11.5 Å². The molecule has 0 radical (unpaired) electrons. The second-order valence-electron chi connectivity index (χ2n) is 11.5. The Labute approximate surface area is 216 Å². The molecule has 194 valence electrons. The van der Waals surface area contributed by atoms with Crippen LogP contribution in [0.4, 0.5) is 0 Å². The van der Waals surface area contributed by atoms with Crippen LogP contribution in [0.15, 0.2) is 54.6 Å². The zero-order valence-electron chi connectivity index (χ0n) is 22.3. The lowest BCUT2D eigenvalue weighted by Crippen LogP contribution is -2.73. The molecular formula is C30H41N3O3. The average molecular weight is 492 g/mol. The summed E-state index contributed by atoms with van der Waals surface area (Å²) in [5.41, 5.74) is 0.466. The zero-order chi connectivity index (χ0) is 25.8. The normalized spacial score (nSPS) is 20.4. The largest absolute Gasteiger partial charge is 0.457 e. The van der Waals surface area contributed by atoms with Crippen molar-refractivity contribution >= 4 is 11.8 Å². The number of rotatable bonds is 8. The van der Waals surface area contributed by atoms with Crippen molar-refractivity contribution in [1.29, 1.82) is 0 Å². The lowest BCUT2D eigenvalue weighted by atomic mass is 9.79. The summed E-state index contributed by atoms with van der Waals surface area (Å²) in [6.07, 6.45) is 3.93. The maximum absolute atomic E-state index is 13.5. The van der Waals surface area contributed by atoms with Gasteiger partial charge in [-0.05, 0) is 60.9 Å². The number of carbonyl (C=O) groups is 2. The molecule has 2 aromatic rings. The van der Waals surface area contributed by atoms with Gasteiger partial charge in [0.1, 0.15) is 23.1 Å². The van der Waals surface area contributed by atoms with Crippen LogP contribution in [0.25, 0.3) is 0 Å². The van der Waals surface area contributed by atoms with E-state index in [1.165, 1.54) is 5.56 Å². The molecule has 2 saturated heterocycles. The van der Waals surface area contributed by atoms with Gasteiger partial charge in [0.15, 0.2) is 0 Å². The number of hydrogen-bond donors (Lipinski definition) is 1. The van der Waals surface area contributed by atoms with Crippen molar-refractivity contribution in [3.05, 3.63) is 60.2 Å². The number of nitrogens with zero attached hydrogens (tertiary/aromatic N) is 2. The molecule has 2 aliphatic rings. The molecule has 1 N–H and O–H groups in total. The van der Waals surface area contributed by atoms with Crippen LogP contribution in [0.3, 0.4) is 0 Å². The number of hydrogen-bond acceptors (Lipinski definition) is 4. The molecule has 2 amide bonds. The Bertz CT molecular complexity index is 1020. The molecule has 6 heteroatoms. The molecule has 1 atom stereocenters. The van der Waals surface area contributed by atoms with Crippen molar-refractivity contribution < 1.29 is 14.3 Å². The van der Waals surface area contributed by atoms with Gasteiger partial charge >= 0.3 is 0 Å². The summed E-state index contributed by atoms with van der Waals surface area (Å²) in [5, 5.41) is 3.12. The topological polar surface area (TPSA) is 61.9 Å². The highest BCUT2D eigenvalue weighted by molar-refractivity contribution is 6.00. The second kappa shape index (κ2) is 11.0. The Balaban J connectivity index is 1.39. The Kier molecular flexibility index (Phi) is 8.04. The number of carbonyl (C=O) groups excluding carboxylic acids is 2. The highest BCUT2D eigenvalue weighted by Gasteiger charge is 2.53. The first-order chi connectivity index (χ1) is 17.2. The Hall–Kier alpha value is -2.86. The molecule has 0 bridgehead atoms. The highest BCUT2D eigenvalue weighted by atomic mass is 16.5. The van der Waals surface area contributed by atoms with Crippen molar-refractivity contribution in [2.75, 3.05) is 19.6 Å². The SMILES string of the molecule is CCCCN1C(=O)[C@@H](CC(C)(C)C)NC(=O)C12CCN(Cc1ccc(Oc3ccccc3)cc1)CC2. The minimum absolute atomic E-state index is 0.0282. The number of piperidine rings is 1. The predicted molar refractivity (Wildman–Crippen MR) is 143 cm³/mol. The quantitative estimate of drug-likeness (QED) is 0.539. The van der Waals surface area contributed by atoms with Crippen LogP contribution < -0.4 is 10.1 Å². The third-order valence-electron chi connectivity index (χ3n) is 7.35. The van der Waals surface area contributed by atoms with Crippen molar-refractivity contribution in [2.45, 2.75) is 77.9 Å². The van der Waals surface area contributed by atoms with E-state index in [4.69, 9.17) is 4.74 Å². The minimum Gasteiger partial charge on any atom is -0.457 e. The highest BCUT2D eigenvalue weighted by Crippen LogP contribution is 2.36. The molecule has 6 nitrogen and oxygen atoms in total. The van der Waals surface area contributed by atoms with Gasteiger partial charge in [0.05, 0.1) is 0 Å². The number of ether oxygens (including phenoxy) is 1. The van der Waals surface area contributed by atoms with E-state index >= 15 is 0 Å². The lowest BCUT2D eigenvalue weighted by Gasteiger charge is -2.52. The monoisotopic (exact) mass is 491 g/mol. The summed E-state index contributed by atoms with van der Waals surface area (Å²) in [5.74, 6) is 1.77. The van der Waals surface area contributed by atoms with Gasteiger partial charge in [-0.2, -0.15) is 0 Å². The van der Waals surface area contributed by atoms with Crippen LogP contribution in [0, 0.1) is 5.41 Å². The first-order valence-corrected chi connectivity index (χ1v) is 13.4. The Morgan fingerprint density at radius 2 is 1.61 bits per heavy atom. The number of benzene rings is 2. The number of likely N-dealkylation sites (tertiary alicyclic amines) is 1. The molecule has 2 heterocycles. The molecule has 36 heavy (non-hydrogen) atoms. The lowest BCUT2D eigenvalue weighted by molar-refractivity contribution is -0.162. The zero-order valence-corrected chi connectivity index (χ0v) is 22.3. The summed E-state index contributed by atoms with van der Waals surface area (Å²) in [7, 11) is 0. The molecule has 1 spiro atoms. The van der Waals surface area contributed by atoms with Crippen LogP contribution in [0.2, 0.25) is 0 Å². The number of nitrogens with one attached hydrogen (secondary N) is 1. The van der Waals surface area contributed by atoms with Gasteiger partial charge in [-0.25, -0.2) is 0 Å². The van der Waals surface area contributed by atoms with Crippen molar-refractivity contribution in [3.63, 3.8) is 0 Å². The van der Waals surface area contributed by atoms with Gasteiger partial charge < -0.3 is 15.0 Å². The summed E-state index contributed by atoms with van der Waals surface area (Å²) in [6, 6.07) is 17.6. The first-order valence-electron chi connectivity index (χ1n) is 13.4. The Morgan fingerprint density at radius 1 is 0.972 bits per heavy atom. The number of para-hydroxylation sites is 1. The van der Waals surface area contributed by atoms with Gasteiger partial charge in [0.25, 0.3) is 0 Å². The molecular weight excluding hydrogens is 450 g/mol. The maximum atomic E-state index is 13.5. The van der Waals surface area contributed by atoms with Crippen LogP contribution in [0.1, 0.15) is 65.4 Å². The number of amides is 2. The van der Waals surface area contributed by atoms with E-state index in [0.717, 1.165) is 44.0 Å². The predicted octanol–water partition coefficient (Wildman–Crippen LogP) is 5.38. The fourth-order valence-electron chi connectivity index (χ4n) is 5.39. The van der Waals surface area contributed by atoms with E-state index in [1.54, 1.807) is 0 Å². The van der Waals surface area contributed by atoms with E-state index in [1.807, 2.05) is 47.4 Å². The van der Waals surface area contributed by atoms with Gasteiger partial charge in [-0.3, -0.25) is 14.5 Å². The van der Waals surface area contributed by atoms with Gasteiger partial charge in [-0.15, -0.1) is 0 Å². The fourth-order valence-corrected chi connectivity index (χ4v) is 5.39. The van der Waals surface area contributed by atoms with E-state index in [2.05, 4.69) is 50.0 Å². The molecule has 2 aliphatic heterocycles. The summed E-state index contributed by atoms with van der Waals surface area (Å²) < 4.78 is 5.91. The van der Waals surface area contributed by atoms with E-state index in [-0.39, 0.29) is 17.2 Å².